The van der Waals surface area contributed by atoms with Crippen LogP contribution in [0.4, 0.5) is 0 Å². The lowest BCUT2D eigenvalue weighted by Crippen LogP contribution is -2.68. The van der Waals surface area contributed by atoms with E-state index in [1.807, 2.05) is 27.0 Å². The Balaban J connectivity index is 1.70. The van der Waals surface area contributed by atoms with E-state index in [0.717, 1.165) is 38.5 Å². The van der Waals surface area contributed by atoms with Crippen LogP contribution < -0.4 is 0 Å². The van der Waals surface area contributed by atoms with Crippen LogP contribution in [0.3, 0.4) is 0 Å². The Labute approximate surface area is 207 Å². The number of aliphatic hydroxyl groups excluding tert-OH is 2. The third-order valence-electron chi connectivity index (χ3n) is 11.4. The Morgan fingerprint density at radius 3 is 2.35 bits per heavy atom. The maximum absolute atomic E-state index is 11.8. The van der Waals surface area contributed by atoms with Gasteiger partial charge in [0.05, 0.1) is 23.4 Å². The molecule has 194 valence electrons. The van der Waals surface area contributed by atoms with Gasteiger partial charge >= 0.3 is 0 Å². The molecule has 3 N–H and O–H groups in total. The Morgan fingerprint density at radius 2 is 1.74 bits per heavy atom. The van der Waals surface area contributed by atoms with E-state index < -0.39 is 11.7 Å². The smallest absolute Gasteiger partial charge is 0.0805 e. The van der Waals surface area contributed by atoms with Gasteiger partial charge < -0.3 is 20.1 Å². The van der Waals surface area contributed by atoms with Gasteiger partial charge in [-0.2, -0.15) is 0 Å². The average Bonchev–Trinajstić information content (AvgIpc) is 3.01. The van der Waals surface area contributed by atoms with Crippen LogP contribution in [0, 0.1) is 39.9 Å². The standard InChI is InChI=1S/C30H50O4/c1-19(10-9-14-26(2,3)33)20-13-15-29(7)25-23(31)18-22-21(11-12-24(32)27(22,4)5)30(25,34-8)17-16-28(20,29)6/h9,14,18-21,23-25,31-33H,10-13,15-17H2,1-8H3/b14-9+/t19-,20-,21-,23+,24+,25+,28-,29+,30-/m1/s1. The van der Waals surface area contributed by atoms with Gasteiger partial charge in [-0.25, -0.2) is 0 Å². The highest BCUT2D eigenvalue weighted by molar-refractivity contribution is 5.34. The number of allylic oxidation sites excluding steroid dienone is 1. The summed E-state index contributed by atoms with van der Waals surface area (Å²) in [5, 5.41) is 32.6. The highest BCUT2D eigenvalue weighted by Gasteiger charge is 2.71. The van der Waals surface area contributed by atoms with Gasteiger partial charge in [-0.15, -0.1) is 0 Å². The lowest BCUT2D eigenvalue weighted by molar-refractivity contribution is -0.235. The minimum Gasteiger partial charge on any atom is -0.392 e. The van der Waals surface area contributed by atoms with Crippen molar-refractivity contribution in [2.75, 3.05) is 7.11 Å². The highest BCUT2D eigenvalue weighted by Crippen LogP contribution is 2.73. The fourth-order valence-electron chi connectivity index (χ4n) is 9.29. The van der Waals surface area contributed by atoms with Crippen LogP contribution in [0.2, 0.25) is 0 Å². The summed E-state index contributed by atoms with van der Waals surface area (Å²) in [6, 6.07) is 0. The quantitative estimate of drug-likeness (QED) is 0.450. The summed E-state index contributed by atoms with van der Waals surface area (Å²) in [4.78, 5) is 0. The van der Waals surface area contributed by atoms with Crippen molar-refractivity contribution in [2.24, 2.45) is 39.9 Å². The minimum absolute atomic E-state index is 0.0121. The number of hydrogen-bond donors (Lipinski definition) is 3. The zero-order chi connectivity index (χ0) is 25.3. The summed E-state index contributed by atoms with van der Waals surface area (Å²) in [5.41, 5.74) is -0.132. The molecule has 3 fully saturated rings. The first-order chi connectivity index (χ1) is 15.6. The largest absolute Gasteiger partial charge is 0.392 e. The number of hydrogen-bond acceptors (Lipinski definition) is 4. The molecular formula is C30H50O4. The number of rotatable bonds is 5. The Bertz CT molecular complexity index is 837. The Hall–Kier alpha value is -0.680. The van der Waals surface area contributed by atoms with Gasteiger partial charge in [-0.3, -0.25) is 0 Å². The summed E-state index contributed by atoms with van der Waals surface area (Å²) in [5.74, 6) is 1.43. The number of methoxy groups -OCH3 is 1. The molecule has 4 aliphatic rings. The van der Waals surface area contributed by atoms with Crippen molar-refractivity contribution in [3.63, 3.8) is 0 Å². The van der Waals surface area contributed by atoms with Crippen LogP contribution in [-0.2, 0) is 4.74 Å². The van der Waals surface area contributed by atoms with Crippen molar-refractivity contribution >= 4 is 0 Å². The van der Waals surface area contributed by atoms with Crippen molar-refractivity contribution in [3.05, 3.63) is 23.8 Å². The van der Waals surface area contributed by atoms with E-state index in [2.05, 4.69) is 46.8 Å². The van der Waals surface area contributed by atoms with Crippen LogP contribution in [0.1, 0.15) is 93.4 Å². The van der Waals surface area contributed by atoms with E-state index >= 15 is 0 Å². The molecule has 0 saturated heterocycles. The van der Waals surface area contributed by atoms with Gasteiger partial charge in [-0.1, -0.05) is 58.4 Å². The second kappa shape index (κ2) is 8.43. The molecule has 4 nitrogen and oxygen atoms in total. The normalized spacial score (nSPS) is 47.0. The van der Waals surface area contributed by atoms with Crippen LogP contribution >= 0.6 is 0 Å². The average molecular weight is 475 g/mol. The molecule has 0 amide bonds. The van der Waals surface area contributed by atoms with E-state index in [9.17, 15) is 15.3 Å². The summed E-state index contributed by atoms with van der Waals surface area (Å²) in [7, 11) is 1.86. The topological polar surface area (TPSA) is 69.9 Å². The van der Waals surface area contributed by atoms with Crippen molar-refractivity contribution in [3.8, 4) is 0 Å². The first-order valence-electron chi connectivity index (χ1n) is 13.7. The Morgan fingerprint density at radius 1 is 1.06 bits per heavy atom. The summed E-state index contributed by atoms with van der Waals surface area (Å²) >= 11 is 0. The number of ether oxygens (including phenoxy) is 1. The molecule has 0 spiro atoms. The molecule has 4 aliphatic carbocycles. The molecule has 0 unspecified atom stereocenters. The van der Waals surface area contributed by atoms with Crippen molar-refractivity contribution in [1.82, 2.24) is 0 Å². The van der Waals surface area contributed by atoms with Crippen LogP contribution in [0.25, 0.3) is 0 Å². The monoisotopic (exact) mass is 474 g/mol. The third kappa shape index (κ3) is 3.69. The predicted molar refractivity (Wildman–Crippen MR) is 137 cm³/mol. The zero-order valence-corrected chi connectivity index (χ0v) is 22.9. The van der Waals surface area contributed by atoms with E-state index in [-0.39, 0.29) is 39.8 Å². The van der Waals surface area contributed by atoms with Gasteiger partial charge in [0.15, 0.2) is 0 Å². The highest BCUT2D eigenvalue weighted by atomic mass is 16.5. The first-order valence-corrected chi connectivity index (χ1v) is 13.7. The molecule has 34 heavy (non-hydrogen) atoms. The fourth-order valence-corrected chi connectivity index (χ4v) is 9.29. The van der Waals surface area contributed by atoms with Crippen LogP contribution in [-0.4, -0.2) is 45.8 Å². The Kier molecular flexibility index (Phi) is 6.54. The lowest BCUT2D eigenvalue weighted by Gasteiger charge is -2.66. The van der Waals surface area contributed by atoms with Gasteiger partial charge in [0.2, 0.25) is 0 Å². The second-order valence-corrected chi connectivity index (χ2v) is 13.9. The molecule has 0 aromatic carbocycles. The van der Waals surface area contributed by atoms with Crippen LogP contribution in [0.15, 0.2) is 23.8 Å². The number of fused-ring (bicyclic) bond motifs is 5. The fraction of sp³-hybridized carbons (Fsp3) is 0.867. The molecule has 3 saturated carbocycles. The molecule has 9 atom stereocenters. The summed E-state index contributed by atoms with van der Waals surface area (Å²) in [6.07, 6.45) is 12.4. The molecular weight excluding hydrogens is 424 g/mol. The van der Waals surface area contributed by atoms with Crippen molar-refractivity contribution in [1.29, 1.82) is 0 Å². The van der Waals surface area contributed by atoms with E-state index in [1.165, 1.54) is 12.0 Å². The molecule has 0 bridgehead atoms. The second-order valence-electron chi connectivity index (χ2n) is 13.9. The molecule has 4 heteroatoms. The third-order valence-corrected chi connectivity index (χ3v) is 11.4. The van der Waals surface area contributed by atoms with Gasteiger partial charge in [0.25, 0.3) is 0 Å². The van der Waals surface area contributed by atoms with Gasteiger partial charge in [0, 0.05) is 24.4 Å². The molecule has 0 aromatic heterocycles. The number of aliphatic hydroxyl groups is 3. The molecule has 0 aromatic rings. The van der Waals surface area contributed by atoms with E-state index in [0.29, 0.717) is 11.8 Å². The van der Waals surface area contributed by atoms with Crippen molar-refractivity contribution < 1.29 is 20.1 Å². The predicted octanol–water partition coefficient (Wildman–Crippen LogP) is 5.66. The SMILES string of the molecule is CO[C@@]12CC[C@]3(C)[C@@H]([C@H](C)C/C=C/C(C)(C)O)CC[C@@]3(C)[C@@H]1[C@@H](O)C=C1[C@H]2CC[C@H](O)C1(C)C. The molecule has 0 aliphatic heterocycles. The minimum atomic E-state index is -0.770. The van der Waals surface area contributed by atoms with Gasteiger partial charge in [-0.05, 0) is 81.5 Å². The molecule has 0 radical (unpaired) electrons. The summed E-state index contributed by atoms with van der Waals surface area (Å²) < 4.78 is 6.55. The van der Waals surface area contributed by atoms with Gasteiger partial charge in [0.1, 0.15) is 0 Å². The lowest BCUT2D eigenvalue weighted by atomic mass is 9.41. The summed E-state index contributed by atoms with van der Waals surface area (Å²) in [6.45, 7) is 15.2. The zero-order valence-electron chi connectivity index (χ0n) is 22.9. The molecule has 0 heterocycles. The van der Waals surface area contributed by atoms with E-state index in [4.69, 9.17) is 4.74 Å². The van der Waals surface area contributed by atoms with E-state index in [1.54, 1.807) is 0 Å². The molecule has 4 rings (SSSR count). The van der Waals surface area contributed by atoms with Crippen LogP contribution in [0.5, 0.6) is 0 Å². The maximum atomic E-state index is 11.8. The van der Waals surface area contributed by atoms with Crippen molar-refractivity contribution in [2.45, 2.75) is 117 Å². The maximum Gasteiger partial charge on any atom is 0.0805 e. The first kappa shape index (κ1) is 26.4.